The highest BCUT2D eigenvalue weighted by Crippen LogP contribution is 2.28. The highest BCUT2D eigenvalue weighted by atomic mass is 32.1. The van der Waals surface area contributed by atoms with E-state index >= 15 is 0 Å². The number of aryl methyl sites for hydroxylation is 1. The Labute approximate surface area is 129 Å². The van der Waals surface area contributed by atoms with E-state index < -0.39 is 0 Å². The summed E-state index contributed by atoms with van der Waals surface area (Å²) in [6.07, 6.45) is 0. The van der Waals surface area contributed by atoms with Gasteiger partial charge in [0.25, 0.3) is 0 Å². The first-order valence-electron chi connectivity index (χ1n) is 6.41. The van der Waals surface area contributed by atoms with E-state index in [0.717, 1.165) is 4.88 Å². The summed E-state index contributed by atoms with van der Waals surface area (Å²) in [5.41, 5.74) is 0.616. The number of rotatable bonds is 3. The average Bonchev–Trinajstić information content (AvgIpc) is 2.67. The van der Waals surface area contributed by atoms with E-state index in [-0.39, 0.29) is 17.4 Å². The molecule has 1 rings (SSSR count). The fourth-order valence-electron chi connectivity index (χ4n) is 1.42. The van der Waals surface area contributed by atoms with Gasteiger partial charge in [-0.25, -0.2) is 4.79 Å². The molecule has 0 fully saturated rings. The van der Waals surface area contributed by atoms with Gasteiger partial charge in [0.1, 0.15) is 5.00 Å². The number of thiophene rings is 1. The molecule has 4 nitrogen and oxygen atoms in total. The first-order valence-corrected chi connectivity index (χ1v) is 7.64. The number of hydrogen-bond donors (Lipinski definition) is 2. The van der Waals surface area contributed by atoms with Crippen LogP contribution in [0.5, 0.6) is 0 Å². The zero-order valence-corrected chi connectivity index (χ0v) is 14.4. The first-order chi connectivity index (χ1) is 9.15. The van der Waals surface area contributed by atoms with Crippen LogP contribution in [0.4, 0.5) is 5.00 Å². The van der Waals surface area contributed by atoms with E-state index in [1.54, 1.807) is 6.07 Å². The molecule has 112 valence electrons. The highest BCUT2D eigenvalue weighted by molar-refractivity contribution is 7.80. The number of anilines is 1. The lowest BCUT2D eigenvalue weighted by molar-refractivity contribution is 0.0602. The smallest absolute Gasteiger partial charge is 0.340 e. The lowest BCUT2D eigenvalue weighted by Crippen LogP contribution is -2.43. The van der Waals surface area contributed by atoms with Gasteiger partial charge >= 0.3 is 5.97 Å². The van der Waals surface area contributed by atoms with Gasteiger partial charge in [-0.05, 0) is 37.5 Å². The number of carbonyl (C=O) groups excluding carboxylic acids is 1. The van der Waals surface area contributed by atoms with Crippen LogP contribution in [0.25, 0.3) is 0 Å². The number of thiocarbonyl (C=S) groups is 1. The Morgan fingerprint density at radius 1 is 1.45 bits per heavy atom. The van der Waals surface area contributed by atoms with Gasteiger partial charge in [0.05, 0.1) is 12.7 Å². The molecule has 0 aromatic carbocycles. The van der Waals surface area contributed by atoms with Crippen molar-refractivity contribution in [2.45, 2.75) is 40.7 Å². The molecule has 0 aliphatic rings. The summed E-state index contributed by atoms with van der Waals surface area (Å²) < 4.78 is 4.77. The van der Waals surface area contributed by atoms with E-state index in [0.29, 0.717) is 15.7 Å². The predicted octanol–water partition coefficient (Wildman–Crippen LogP) is 3.56. The second-order valence-electron chi connectivity index (χ2n) is 5.78. The molecule has 0 radical (unpaired) electrons. The molecule has 1 atom stereocenters. The normalized spacial score (nSPS) is 12.7. The topological polar surface area (TPSA) is 50.4 Å². The van der Waals surface area contributed by atoms with Gasteiger partial charge in [0.15, 0.2) is 5.11 Å². The number of carbonyl (C=O) groups is 1. The summed E-state index contributed by atoms with van der Waals surface area (Å²) in [6.45, 7) is 10.4. The Bertz CT molecular complexity index is 504. The standard InChI is InChI=1S/C14H22N2O2S2/c1-8-7-10(12(17)18-6)11(20-8)16-13(19)15-9(2)14(3,4)5/h7,9H,1-6H3,(H2,15,16,19). The summed E-state index contributed by atoms with van der Waals surface area (Å²) in [5, 5.41) is 7.55. The summed E-state index contributed by atoms with van der Waals surface area (Å²) in [5.74, 6) is -0.358. The maximum absolute atomic E-state index is 11.7. The minimum atomic E-state index is -0.358. The van der Waals surface area contributed by atoms with Gasteiger partial charge < -0.3 is 15.4 Å². The molecule has 0 aliphatic heterocycles. The molecule has 1 heterocycles. The molecule has 0 saturated carbocycles. The van der Waals surface area contributed by atoms with Crippen LogP contribution in [0.15, 0.2) is 6.07 Å². The molecular weight excluding hydrogens is 292 g/mol. The molecule has 2 N–H and O–H groups in total. The SMILES string of the molecule is COC(=O)c1cc(C)sc1NC(=S)NC(C)C(C)(C)C. The largest absolute Gasteiger partial charge is 0.465 e. The number of hydrogen-bond acceptors (Lipinski definition) is 4. The minimum absolute atomic E-state index is 0.0995. The third-order valence-electron chi connectivity index (χ3n) is 3.13. The molecule has 0 spiro atoms. The van der Waals surface area contributed by atoms with Crippen LogP contribution in [0.1, 0.15) is 42.9 Å². The Morgan fingerprint density at radius 3 is 2.55 bits per heavy atom. The quantitative estimate of drug-likeness (QED) is 0.660. The fourth-order valence-corrected chi connectivity index (χ4v) is 2.67. The molecule has 6 heteroatoms. The third-order valence-corrected chi connectivity index (χ3v) is 4.32. The lowest BCUT2D eigenvalue weighted by atomic mass is 9.88. The predicted molar refractivity (Wildman–Crippen MR) is 88.7 cm³/mol. The Morgan fingerprint density at radius 2 is 2.05 bits per heavy atom. The van der Waals surface area contributed by atoms with Crippen molar-refractivity contribution >= 4 is 39.6 Å². The van der Waals surface area contributed by atoms with Gasteiger partial charge in [-0.3, -0.25) is 0 Å². The van der Waals surface area contributed by atoms with Gasteiger partial charge in [-0.1, -0.05) is 20.8 Å². The zero-order chi connectivity index (χ0) is 15.5. The summed E-state index contributed by atoms with van der Waals surface area (Å²) in [7, 11) is 1.37. The van der Waals surface area contributed by atoms with Crippen molar-refractivity contribution in [3.05, 3.63) is 16.5 Å². The maximum Gasteiger partial charge on any atom is 0.340 e. The van der Waals surface area contributed by atoms with Gasteiger partial charge in [-0.15, -0.1) is 11.3 Å². The molecule has 1 unspecified atom stereocenters. The van der Waals surface area contributed by atoms with E-state index in [9.17, 15) is 4.79 Å². The molecule has 0 saturated heterocycles. The Kier molecular flexibility index (Phi) is 5.53. The number of nitrogens with one attached hydrogen (secondary N) is 2. The highest BCUT2D eigenvalue weighted by Gasteiger charge is 2.21. The van der Waals surface area contributed by atoms with Crippen LogP contribution in [-0.4, -0.2) is 24.2 Å². The number of esters is 1. The van der Waals surface area contributed by atoms with E-state index in [2.05, 4.69) is 38.3 Å². The van der Waals surface area contributed by atoms with Crippen molar-refractivity contribution in [2.75, 3.05) is 12.4 Å². The van der Waals surface area contributed by atoms with Crippen molar-refractivity contribution in [1.82, 2.24) is 5.32 Å². The molecule has 0 aliphatic carbocycles. The maximum atomic E-state index is 11.7. The fraction of sp³-hybridized carbons (Fsp3) is 0.571. The van der Waals surface area contributed by atoms with Crippen molar-refractivity contribution < 1.29 is 9.53 Å². The second kappa shape index (κ2) is 6.54. The monoisotopic (exact) mass is 314 g/mol. The van der Waals surface area contributed by atoms with E-state index in [1.807, 2.05) is 6.92 Å². The molecule has 20 heavy (non-hydrogen) atoms. The lowest BCUT2D eigenvalue weighted by Gasteiger charge is -2.29. The minimum Gasteiger partial charge on any atom is -0.465 e. The zero-order valence-electron chi connectivity index (χ0n) is 12.8. The average molecular weight is 314 g/mol. The molecule has 0 bridgehead atoms. The molecule has 1 aromatic rings. The van der Waals surface area contributed by atoms with Crippen molar-refractivity contribution in [2.24, 2.45) is 5.41 Å². The molecule has 1 aromatic heterocycles. The molecule has 0 amide bonds. The first kappa shape index (κ1) is 16.9. The Balaban J connectivity index is 2.79. The van der Waals surface area contributed by atoms with Crippen molar-refractivity contribution in [3.8, 4) is 0 Å². The van der Waals surface area contributed by atoms with Crippen LogP contribution in [0.2, 0.25) is 0 Å². The van der Waals surface area contributed by atoms with Crippen molar-refractivity contribution in [1.29, 1.82) is 0 Å². The van der Waals surface area contributed by atoms with Gasteiger partial charge in [0, 0.05) is 10.9 Å². The number of ether oxygens (including phenoxy) is 1. The van der Waals surface area contributed by atoms with E-state index in [1.165, 1.54) is 18.4 Å². The van der Waals surface area contributed by atoms with Gasteiger partial charge in [-0.2, -0.15) is 0 Å². The van der Waals surface area contributed by atoms with Crippen LogP contribution < -0.4 is 10.6 Å². The molecular formula is C14H22N2O2S2. The van der Waals surface area contributed by atoms with E-state index in [4.69, 9.17) is 17.0 Å². The summed E-state index contributed by atoms with van der Waals surface area (Å²) in [6, 6.07) is 2.01. The van der Waals surface area contributed by atoms with Gasteiger partial charge in [0.2, 0.25) is 0 Å². The van der Waals surface area contributed by atoms with Crippen LogP contribution in [0, 0.1) is 12.3 Å². The second-order valence-corrected chi connectivity index (χ2v) is 7.44. The Hall–Kier alpha value is -1.14. The van der Waals surface area contributed by atoms with Crippen molar-refractivity contribution in [3.63, 3.8) is 0 Å². The summed E-state index contributed by atoms with van der Waals surface area (Å²) in [4.78, 5) is 12.7. The number of methoxy groups -OCH3 is 1. The van der Waals surface area contributed by atoms with Crippen LogP contribution in [0.3, 0.4) is 0 Å². The van der Waals surface area contributed by atoms with Crippen LogP contribution >= 0.6 is 23.6 Å². The third kappa shape index (κ3) is 4.45. The summed E-state index contributed by atoms with van der Waals surface area (Å²) >= 11 is 6.79. The van der Waals surface area contributed by atoms with Crippen LogP contribution in [-0.2, 0) is 4.74 Å².